The molecular formula is C13H20N2O. The molecule has 1 fully saturated rings. The van der Waals surface area contributed by atoms with Crippen molar-refractivity contribution in [2.45, 2.75) is 39.3 Å². The lowest BCUT2D eigenvalue weighted by atomic mass is 10.2. The molecule has 1 aliphatic carbocycles. The second kappa shape index (κ2) is 5.30. The van der Waals surface area contributed by atoms with Crippen molar-refractivity contribution in [3.05, 3.63) is 23.9 Å². The Balaban J connectivity index is 1.92. The second-order valence-electron chi connectivity index (χ2n) is 4.83. The van der Waals surface area contributed by atoms with Crippen molar-refractivity contribution in [3.63, 3.8) is 0 Å². The van der Waals surface area contributed by atoms with Gasteiger partial charge in [0.1, 0.15) is 0 Å². The second-order valence-corrected chi connectivity index (χ2v) is 4.83. The van der Waals surface area contributed by atoms with E-state index in [1.807, 2.05) is 6.07 Å². The van der Waals surface area contributed by atoms with Gasteiger partial charge in [0.15, 0.2) is 0 Å². The molecule has 1 aromatic rings. The van der Waals surface area contributed by atoms with E-state index in [1.54, 1.807) is 6.20 Å². The molecule has 1 aliphatic rings. The fourth-order valence-electron chi connectivity index (χ4n) is 1.48. The van der Waals surface area contributed by atoms with Crippen LogP contribution in [-0.2, 0) is 6.54 Å². The molecule has 1 saturated carbocycles. The smallest absolute Gasteiger partial charge is 0.217 e. The molecule has 0 aromatic carbocycles. The first-order valence-electron chi connectivity index (χ1n) is 6.06. The first-order chi connectivity index (χ1) is 7.75. The minimum absolute atomic E-state index is 0.534. The van der Waals surface area contributed by atoms with Crippen molar-refractivity contribution in [3.8, 4) is 5.88 Å². The number of aromatic nitrogens is 1. The van der Waals surface area contributed by atoms with E-state index in [0.717, 1.165) is 30.6 Å². The minimum Gasteiger partial charge on any atom is -0.477 e. The number of ether oxygens (including phenoxy) is 1. The fraction of sp³-hybridized carbons (Fsp3) is 0.615. The summed E-state index contributed by atoms with van der Waals surface area (Å²) < 4.78 is 5.70. The van der Waals surface area contributed by atoms with E-state index in [1.165, 1.54) is 12.8 Å². The van der Waals surface area contributed by atoms with Crippen LogP contribution < -0.4 is 10.1 Å². The van der Waals surface area contributed by atoms with E-state index in [0.29, 0.717) is 5.92 Å². The van der Waals surface area contributed by atoms with E-state index < -0.39 is 0 Å². The lowest BCUT2D eigenvalue weighted by Crippen LogP contribution is -2.17. The normalized spacial score (nSPS) is 15.4. The fourth-order valence-corrected chi connectivity index (χ4v) is 1.48. The first-order valence-corrected chi connectivity index (χ1v) is 6.06. The molecule has 0 spiro atoms. The summed E-state index contributed by atoms with van der Waals surface area (Å²) in [6, 6.07) is 4.77. The van der Waals surface area contributed by atoms with Gasteiger partial charge < -0.3 is 10.1 Å². The Kier molecular flexibility index (Phi) is 3.78. The van der Waals surface area contributed by atoms with Crippen molar-refractivity contribution in [1.29, 1.82) is 0 Å². The van der Waals surface area contributed by atoms with Crippen molar-refractivity contribution < 1.29 is 4.74 Å². The van der Waals surface area contributed by atoms with Crippen LogP contribution in [0.2, 0.25) is 0 Å². The highest BCUT2D eigenvalue weighted by atomic mass is 16.5. The molecule has 0 atom stereocenters. The van der Waals surface area contributed by atoms with Gasteiger partial charge in [0, 0.05) is 24.3 Å². The molecule has 0 saturated heterocycles. The molecule has 3 nitrogen and oxygen atoms in total. The van der Waals surface area contributed by atoms with Gasteiger partial charge in [-0.15, -0.1) is 0 Å². The Labute approximate surface area is 97.2 Å². The van der Waals surface area contributed by atoms with Gasteiger partial charge in [-0.3, -0.25) is 0 Å². The van der Waals surface area contributed by atoms with E-state index in [9.17, 15) is 0 Å². The summed E-state index contributed by atoms with van der Waals surface area (Å²) >= 11 is 0. The third-order valence-corrected chi connectivity index (χ3v) is 2.56. The van der Waals surface area contributed by atoms with Gasteiger partial charge >= 0.3 is 0 Å². The summed E-state index contributed by atoms with van der Waals surface area (Å²) in [7, 11) is 0. The summed E-state index contributed by atoms with van der Waals surface area (Å²) in [5, 5.41) is 3.48. The zero-order valence-corrected chi connectivity index (χ0v) is 10.1. The third-order valence-electron chi connectivity index (χ3n) is 2.56. The van der Waals surface area contributed by atoms with Crippen LogP contribution in [-0.4, -0.2) is 17.6 Å². The van der Waals surface area contributed by atoms with Crippen molar-refractivity contribution in [2.24, 2.45) is 5.92 Å². The molecule has 0 aliphatic heterocycles. The van der Waals surface area contributed by atoms with E-state index in [-0.39, 0.29) is 0 Å². The monoisotopic (exact) mass is 220 g/mol. The zero-order valence-electron chi connectivity index (χ0n) is 10.1. The van der Waals surface area contributed by atoms with Crippen LogP contribution in [0.25, 0.3) is 0 Å². The molecule has 3 heteroatoms. The molecular weight excluding hydrogens is 200 g/mol. The molecule has 1 aromatic heterocycles. The number of hydrogen-bond donors (Lipinski definition) is 1. The standard InChI is InChI=1S/C13H20N2O/c1-10(2)9-16-13-11(4-3-7-14-13)8-15-12-5-6-12/h3-4,7,10,12,15H,5-6,8-9H2,1-2H3. The van der Waals surface area contributed by atoms with Crippen LogP contribution in [0.4, 0.5) is 0 Å². The predicted octanol–water partition coefficient (Wildman–Crippen LogP) is 2.37. The number of pyridine rings is 1. The van der Waals surface area contributed by atoms with Crippen LogP contribution in [0.3, 0.4) is 0 Å². The maximum atomic E-state index is 5.70. The van der Waals surface area contributed by atoms with Gasteiger partial charge in [0.2, 0.25) is 5.88 Å². The average molecular weight is 220 g/mol. The highest BCUT2D eigenvalue weighted by molar-refractivity contribution is 5.25. The molecule has 2 rings (SSSR count). The molecule has 88 valence electrons. The molecule has 0 radical (unpaired) electrons. The SMILES string of the molecule is CC(C)COc1ncccc1CNC1CC1. The van der Waals surface area contributed by atoms with Crippen LogP contribution >= 0.6 is 0 Å². The Morgan fingerprint density at radius 2 is 2.31 bits per heavy atom. The Hall–Kier alpha value is -1.09. The highest BCUT2D eigenvalue weighted by Crippen LogP contribution is 2.21. The van der Waals surface area contributed by atoms with Gasteiger partial charge in [-0.2, -0.15) is 0 Å². The average Bonchev–Trinajstić information content (AvgIpc) is 3.08. The topological polar surface area (TPSA) is 34.1 Å². The third kappa shape index (κ3) is 3.49. The Bertz CT molecular complexity index is 309. The van der Waals surface area contributed by atoms with E-state index in [4.69, 9.17) is 4.74 Å². The van der Waals surface area contributed by atoms with Gasteiger partial charge in [-0.05, 0) is 24.8 Å². The van der Waals surface area contributed by atoms with Gasteiger partial charge in [0.25, 0.3) is 0 Å². The largest absolute Gasteiger partial charge is 0.477 e. The van der Waals surface area contributed by atoms with Gasteiger partial charge in [-0.25, -0.2) is 4.98 Å². The summed E-state index contributed by atoms with van der Waals surface area (Å²) in [6.45, 7) is 5.88. The number of rotatable bonds is 6. The number of nitrogens with zero attached hydrogens (tertiary/aromatic N) is 1. The Morgan fingerprint density at radius 3 is 3.00 bits per heavy atom. The maximum absolute atomic E-state index is 5.70. The van der Waals surface area contributed by atoms with Crippen LogP contribution in [0.5, 0.6) is 5.88 Å². The summed E-state index contributed by atoms with van der Waals surface area (Å²) in [5.74, 6) is 1.32. The van der Waals surface area contributed by atoms with Crippen LogP contribution in [0.15, 0.2) is 18.3 Å². The van der Waals surface area contributed by atoms with E-state index >= 15 is 0 Å². The van der Waals surface area contributed by atoms with Crippen molar-refractivity contribution in [2.75, 3.05) is 6.61 Å². The number of nitrogens with one attached hydrogen (secondary N) is 1. The molecule has 0 bridgehead atoms. The van der Waals surface area contributed by atoms with Crippen molar-refractivity contribution in [1.82, 2.24) is 10.3 Å². The van der Waals surface area contributed by atoms with Crippen molar-refractivity contribution >= 4 is 0 Å². The summed E-state index contributed by atoms with van der Waals surface area (Å²) in [4.78, 5) is 4.29. The zero-order chi connectivity index (χ0) is 11.4. The lowest BCUT2D eigenvalue weighted by Gasteiger charge is -2.12. The summed E-state index contributed by atoms with van der Waals surface area (Å²) in [5.41, 5.74) is 1.16. The van der Waals surface area contributed by atoms with Gasteiger partial charge in [-0.1, -0.05) is 19.9 Å². The quantitative estimate of drug-likeness (QED) is 0.799. The molecule has 1 N–H and O–H groups in total. The van der Waals surface area contributed by atoms with Gasteiger partial charge in [0.05, 0.1) is 6.61 Å². The summed E-state index contributed by atoms with van der Waals surface area (Å²) in [6.07, 6.45) is 4.40. The lowest BCUT2D eigenvalue weighted by molar-refractivity contribution is 0.258. The van der Waals surface area contributed by atoms with E-state index in [2.05, 4.69) is 30.2 Å². The molecule has 0 amide bonds. The predicted molar refractivity (Wildman–Crippen MR) is 64.4 cm³/mol. The molecule has 1 heterocycles. The van der Waals surface area contributed by atoms with Crippen LogP contribution in [0.1, 0.15) is 32.3 Å². The molecule has 0 unspecified atom stereocenters. The maximum Gasteiger partial charge on any atom is 0.217 e. The minimum atomic E-state index is 0.534. The first kappa shape index (κ1) is 11.4. The highest BCUT2D eigenvalue weighted by Gasteiger charge is 2.20. The Morgan fingerprint density at radius 1 is 1.50 bits per heavy atom. The van der Waals surface area contributed by atoms with Crippen LogP contribution in [0, 0.1) is 5.92 Å². The number of hydrogen-bond acceptors (Lipinski definition) is 3. The molecule has 16 heavy (non-hydrogen) atoms.